The van der Waals surface area contributed by atoms with Crippen LogP contribution in [0.5, 0.6) is 0 Å². The van der Waals surface area contributed by atoms with Crippen LogP contribution in [0.15, 0.2) is 0 Å². The first-order valence-corrected chi connectivity index (χ1v) is 7.97. The second-order valence-electron chi connectivity index (χ2n) is 7.20. The number of hydrogen-bond donors (Lipinski definition) is 1. The van der Waals surface area contributed by atoms with Gasteiger partial charge in [0.15, 0.2) is 0 Å². The maximum absolute atomic E-state index is 11.8. The van der Waals surface area contributed by atoms with Crippen molar-refractivity contribution in [3.05, 3.63) is 0 Å². The zero-order valence-corrected chi connectivity index (χ0v) is 14.5. The van der Waals surface area contributed by atoms with Gasteiger partial charge in [-0.25, -0.2) is 4.79 Å². The Morgan fingerprint density at radius 3 is 2.71 bits per heavy atom. The highest BCUT2D eigenvalue weighted by Crippen LogP contribution is 2.27. The van der Waals surface area contributed by atoms with Crippen molar-refractivity contribution < 1.29 is 14.3 Å². The third-order valence-corrected chi connectivity index (χ3v) is 3.93. The van der Waals surface area contributed by atoms with Crippen molar-refractivity contribution in [1.82, 2.24) is 10.2 Å². The van der Waals surface area contributed by atoms with Gasteiger partial charge in [-0.1, -0.05) is 6.92 Å². The Kier molecular flexibility index (Phi) is 6.47. The fourth-order valence-electron chi connectivity index (χ4n) is 2.42. The van der Waals surface area contributed by atoms with E-state index in [2.05, 4.69) is 19.2 Å². The molecule has 5 nitrogen and oxygen atoms in total. The van der Waals surface area contributed by atoms with Crippen LogP contribution in [0.1, 0.15) is 53.9 Å². The number of nitrogens with zero attached hydrogens (tertiary/aromatic N) is 1. The lowest BCUT2D eigenvalue weighted by Crippen LogP contribution is -2.47. The summed E-state index contributed by atoms with van der Waals surface area (Å²) < 4.78 is 11.2. The smallest absolute Gasteiger partial charge is 0.410 e. The van der Waals surface area contributed by atoms with E-state index in [1.54, 1.807) is 11.9 Å². The van der Waals surface area contributed by atoms with Gasteiger partial charge in [0.25, 0.3) is 0 Å². The molecule has 124 valence electrons. The lowest BCUT2D eigenvalue weighted by atomic mass is 9.90. The Morgan fingerprint density at radius 2 is 2.14 bits per heavy atom. The Balaban J connectivity index is 2.28. The van der Waals surface area contributed by atoms with Crippen LogP contribution in [-0.4, -0.2) is 55.0 Å². The Labute approximate surface area is 129 Å². The molecule has 0 radical (unpaired) electrons. The highest BCUT2D eigenvalue weighted by Gasteiger charge is 2.31. The van der Waals surface area contributed by atoms with E-state index in [0.29, 0.717) is 12.6 Å². The lowest BCUT2D eigenvalue weighted by Gasteiger charge is -2.38. The van der Waals surface area contributed by atoms with Gasteiger partial charge in [0, 0.05) is 32.8 Å². The minimum Gasteiger partial charge on any atom is -0.444 e. The van der Waals surface area contributed by atoms with Crippen molar-refractivity contribution in [1.29, 1.82) is 0 Å². The van der Waals surface area contributed by atoms with Crippen LogP contribution in [0, 0.1) is 0 Å². The molecule has 1 aliphatic rings. The zero-order chi connectivity index (χ0) is 16.1. The SMILES string of the molecule is CCC1(C)CC(NCCN(C)C(=O)OC(C)(C)C)CCO1. The molecule has 1 N–H and O–H groups in total. The Hall–Kier alpha value is -0.810. The highest BCUT2D eigenvalue weighted by molar-refractivity contribution is 5.67. The molecule has 0 aromatic heterocycles. The summed E-state index contributed by atoms with van der Waals surface area (Å²) in [6.07, 6.45) is 2.82. The van der Waals surface area contributed by atoms with Crippen molar-refractivity contribution in [2.75, 3.05) is 26.7 Å². The van der Waals surface area contributed by atoms with Gasteiger partial charge in [0.1, 0.15) is 5.60 Å². The van der Waals surface area contributed by atoms with E-state index in [1.165, 1.54) is 0 Å². The quantitative estimate of drug-likeness (QED) is 0.848. The normalized spacial score (nSPS) is 26.5. The number of likely N-dealkylation sites (N-methyl/N-ethyl adjacent to an activating group) is 1. The van der Waals surface area contributed by atoms with Gasteiger partial charge < -0.3 is 19.7 Å². The summed E-state index contributed by atoms with van der Waals surface area (Å²) in [7, 11) is 1.77. The van der Waals surface area contributed by atoms with Gasteiger partial charge in [-0.15, -0.1) is 0 Å². The topological polar surface area (TPSA) is 50.8 Å². The number of amides is 1. The van der Waals surface area contributed by atoms with Crippen molar-refractivity contribution in [3.63, 3.8) is 0 Å². The molecule has 0 aromatic carbocycles. The molecule has 1 aliphatic heterocycles. The minimum absolute atomic E-state index is 0.00696. The fourth-order valence-corrected chi connectivity index (χ4v) is 2.42. The van der Waals surface area contributed by atoms with Crippen molar-refractivity contribution in [2.24, 2.45) is 0 Å². The number of carbonyl (C=O) groups excluding carboxylic acids is 1. The van der Waals surface area contributed by atoms with Gasteiger partial charge in [0.05, 0.1) is 5.60 Å². The molecule has 0 spiro atoms. The predicted molar refractivity (Wildman–Crippen MR) is 84.5 cm³/mol. The molecule has 1 amide bonds. The average molecular weight is 300 g/mol. The number of nitrogens with one attached hydrogen (secondary N) is 1. The minimum atomic E-state index is -0.442. The fraction of sp³-hybridized carbons (Fsp3) is 0.938. The molecule has 0 saturated carbocycles. The van der Waals surface area contributed by atoms with Crippen LogP contribution in [0.4, 0.5) is 4.79 Å². The maximum Gasteiger partial charge on any atom is 0.410 e. The van der Waals surface area contributed by atoms with Gasteiger partial charge in [-0.3, -0.25) is 0 Å². The summed E-state index contributed by atoms with van der Waals surface area (Å²) in [6.45, 7) is 12.2. The van der Waals surface area contributed by atoms with Gasteiger partial charge in [-0.2, -0.15) is 0 Å². The molecule has 1 saturated heterocycles. The summed E-state index contributed by atoms with van der Waals surface area (Å²) in [4.78, 5) is 13.5. The molecule has 21 heavy (non-hydrogen) atoms. The number of carbonyl (C=O) groups is 1. The van der Waals surface area contributed by atoms with Crippen molar-refractivity contribution in [3.8, 4) is 0 Å². The van der Waals surface area contributed by atoms with Crippen molar-refractivity contribution in [2.45, 2.75) is 71.1 Å². The largest absolute Gasteiger partial charge is 0.444 e. The van der Waals surface area contributed by atoms with Gasteiger partial charge >= 0.3 is 6.09 Å². The van der Waals surface area contributed by atoms with Gasteiger partial charge in [0.2, 0.25) is 0 Å². The van der Waals surface area contributed by atoms with E-state index in [4.69, 9.17) is 9.47 Å². The van der Waals surface area contributed by atoms with Crippen molar-refractivity contribution >= 4 is 6.09 Å². The van der Waals surface area contributed by atoms with Crippen LogP contribution >= 0.6 is 0 Å². The summed E-state index contributed by atoms with van der Waals surface area (Å²) >= 11 is 0. The van der Waals surface area contributed by atoms with Crippen LogP contribution in [-0.2, 0) is 9.47 Å². The van der Waals surface area contributed by atoms with Crippen LogP contribution < -0.4 is 5.32 Å². The molecule has 2 atom stereocenters. The van der Waals surface area contributed by atoms with Crippen LogP contribution in [0.2, 0.25) is 0 Å². The summed E-state index contributed by atoms with van der Waals surface area (Å²) in [6, 6.07) is 0.468. The molecule has 0 aliphatic carbocycles. The van der Waals surface area contributed by atoms with E-state index in [9.17, 15) is 4.79 Å². The summed E-state index contributed by atoms with van der Waals surface area (Å²) in [5.41, 5.74) is -0.449. The number of rotatable bonds is 5. The first kappa shape index (κ1) is 18.2. The highest BCUT2D eigenvalue weighted by atomic mass is 16.6. The third kappa shape index (κ3) is 6.66. The zero-order valence-electron chi connectivity index (χ0n) is 14.5. The average Bonchev–Trinajstić information content (AvgIpc) is 2.37. The summed E-state index contributed by atoms with van der Waals surface area (Å²) in [5.74, 6) is 0. The number of ether oxygens (including phenoxy) is 2. The second kappa shape index (κ2) is 7.45. The molecular formula is C16H32N2O3. The molecule has 0 aromatic rings. The molecule has 2 unspecified atom stereocenters. The van der Waals surface area contributed by atoms with E-state index in [-0.39, 0.29) is 11.7 Å². The third-order valence-electron chi connectivity index (χ3n) is 3.93. The molecule has 1 rings (SSSR count). The summed E-state index contributed by atoms with van der Waals surface area (Å²) in [5, 5.41) is 3.53. The monoisotopic (exact) mass is 300 g/mol. The first-order valence-electron chi connectivity index (χ1n) is 7.97. The maximum atomic E-state index is 11.8. The first-order chi connectivity index (χ1) is 9.65. The standard InChI is InChI=1S/C16H32N2O3/c1-7-16(5)12-13(8-11-20-16)17-9-10-18(6)14(19)21-15(2,3)4/h13,17H,7-12H2,1-6H3. The number of hydrogen-bond acceptors (Lipinski definition) is 4. The van der Waals surface area contributed by atoms with E-state index in [0.717, 1.165) is 32.4 Å². The van der Waals surface area contributed by atoms with E-state index >= 15 is 0 Å². The Morgan fingerprint density at radius 1 is 1.48 bits per heavy atom. The van der Waals surface area contributed by atoms with E-state index < -0.39 is 5.60 Å². The molecule has 1 heterocycles. The molecule has 0 bridgehead atoms. The Bertz CT molecular complexity index is 341. The molecule has 1 fully saturated rings. The van der Waals surface area contributed by atoms with Gasteiger partial charge in [-0.05, 0) is 47.0 Å². The molecular weight excluding hydrogens is 268 g/mol. The second-order valence-corrected chi connectivity index (χ2v) is 7.20. The predicted octanol–water partition coefficient (Wildman–Crippen LogP) is 2.79. The van der Waals surface area contributed by atoms with E-state index in [1.807, 2.05) is 20.8 Å². The van der Waals surface area contributed by atoms with Crippen LogP contribution in [0.3, 0.4) is 0 Å². The van der Waals surface area contributed by atoms with Crippen LogP contribution in [0.25, 0.3) is 0 Å². The lowest BCUT2D eigenvalue weighted by molar-refractivity contribution is -0.0780. The molecule has 5 heteroatoms.